The summed E-state index contributed by atoms with van der Waals surface area (Å²) >= 11 is 0. The van der Waals surface area contributed by atoms with Gasteiger partial charge in [0.05, 0.1) is 10.4 Å². The van der Waals surface area contributed by atoms with Gasteiger partial charge in [-0.25, -0.2) is 0 Å². The minimum Gasteiger partial charge on any atom is -0.344 e. The van der Waals surface area contributed by atoms with E-state index in [0.29, 0.717) is 33.4 Å². The molecule has 0 radical (unpaired) electrons. The predicted octanol–water partition coefficient (Wildman–Crippen LogP) is 2.66. The summed E-state index contributed by atoms with van der Waals surface area (Å²) in [4.78, 5) is 59.9. The zero-order valence-corrected chi connectivity index (χ0v) is 21.8. The Balaban J connectivity index is 1.72. The van der Waals surface area contributed by atoms with E-state index in [0.717, 1.165) is 22.7 Å². The van der Waals surface area contributed by atoms with Crippen molar-refractivity contribution < 1.29 is 0 Å². The second kappa shape index (κ2) is 8.58. The molecule has 6 nitrogen and oxygen atoms in total. The lowest BCUT2D eigenvalue weighted by Crippen LogP contribution is -2.65. The molecule has 6 heteroatoms. The first-order valence-electron chi connectivity index (χ1n) is 12.9. The highest BCUT2D eigenvalue weighted by atomic mass is 16.2. The number of hydrogen-bond acceptors (Lipinski definition) is 6. The molecule has 0 atom stereocenters. The Labute approximate surface area is 228 Å². The molecule has 0 amide bonds. The fourth-order valence-corrected chi connectivity index (χ4v) is 6.11. The van der Waals surface area contributed by atoms with Gasteiger partial charge in [-0.3, -0.25) is 19.2 Å². The van der Waals surface area contributed by atoms with Gasteiger partial charge in [-0.2, -0.15) is 0 Å². The lowest BCUT2D eigenvalue weighted by atomic mass is 9.87. The summed E-state index contributed by atoms with van der Waals surface area (Å²) in [5.41, 5.74) is 2.31. The molecular weight excluding hydrogens is 500 g/mol. The second-order valence-electron chi connectivity index (χ2n) is 10.0. The number of nitrogens with zero attached hydrogens (tertiary/aromatic N) is 2. The summed E-state index contributed by atoms with van der Waals surface area (Å²) in [5, 5.41) is -0.747. The molecule has 0 N–H and O–H groups in total. The maximum Gasteiger partial charge on any atom is 0.238 e. The number of rotatable bonds is 0. The predicted molar refractivity (Wildman–Crippen MR) is 158 cm³/mol. The third-order valence-corrected chi connectivity index (χ3v) is 7.96. The van der Waals surface area contributed by atoms with Crippen molar-refractivity contribution >= 4 is 33.9 Å². The maximum absolute atomic E-state index is 14.0. The van der Waals surface area contributed by atoms with E-state index < -0.39 is 21.7 Å². The summed E-state index contributed by atoms with van der Waals surface area (Å²) < 4.78 is 0. The van der Waals surface area contributed by atoms with E-state index in [4.69, 9.17) is 0 Å². The fourth-order valence-electron chi connectivity index (χ4n) is 6.11. The second-order valence-corrected chi connectivity index (χ2v) is 10.0. The van der Waals surface area contributed by atoms with Crippen molar-refractivity contribution in [2.45, 2.75) is 0 Å². The maximum atomic E-state index is 14.0. The van der Waals surface area contributed by atoms with Gasteiger partial charge in [0.25, 0.3) is 0 Å². The standard InChI is InChI=1S/C34H22N2O4/c1-35-23-15-7-3-11-19(23)27(20-12-4-8-16-24(20)35)29-31(37)33(39)30(34(40)32(29)38)28-21-13-5-9-17-25(21)36(2)26-18-10-6-14-22(26)28/h3-18H,1-2H3. The van der Waals surface area contributed by atoms with Gasteiger partial charge < -0.3 is 9.80 Å². The molecule has 0 unspecified atom stereocenters. The van der Waals surface area contributed by atoms with Crippen LogP contribution < -0.4 is 42.0 Å². The average Bonchev–Trinajstić information content (AvgIpc) is 2.99. The number of para-hydroxylation sites is 4. The van der Waals surface area contributed by atoms with Crippen LogP contribution in [0.3, 0.4) is 0 Å². The summed E-state index contributed by atoms with van der Waals surface area (Å²) in [6.45, 7) is 0. The van der Waals surface area contributed by atoms with Gasteiger partial charge in [0.1, 0.15) is 0 Å². The van der Waals surface area contributed by atoms with E-state index >= 15 is 0 Å². The van der Waals surface area contributed by atoms with E-state index in [1.165, 1.54) is 0 Å². The lowest BCUT2D eigenvalue weighted by Gasteiger charge is -2.31. The Morgan fingerprint density at radius 1 is 0.375 bits per heavy atom. The molecule has 2 aliphatic heterocycles. The summed E-state index contributed by atoms with van der Waals surface area (Å²) in [6.07, 6.45) is 0. The Morgan fingerprint density at radius 2 is 0.600 bits per heavy atom. The van der Waals surface area contributed by atoms with Crippen LogP contribution in [0.15, 0.2) is 116 Å². The third kappa shape index (κ3) is 3.10. The monoisotopic (exact) mass is 522 g/mol. The van der Waals surface area contributed by atoms with Crippen LogP contribution in [-0.2, 0) is 0 Å². The van der Waals surface area contributed by atoms with Crippen molar-refractivity contribution in [1.29, 1.82) is 0 Å². The third-order valence-electron chi connectivity index (χ3n) is 7.96. The molecule has 0 bridgehead atoms. The SMILES string of the molecule is CN1c2ccccc2C(=c2c(=O)c(=O)c(=C3c4ccccc4N(C)c4ccccc43)c(=O)c2=O)c2ccccc21. The molecule has 192 valence electrons. The Morgan fingerprint density at radius 3 is 0.850 bits per heavy atom. The zero-order chi connectivity index (χ0) is 27.7. The molecule has 0 saturated carbocycles. The minimum atomic E-state index is -0.967. The van der Waals surface area contributed by atoms with Crippen molar-refractivity contribution in [1.82, 2.24) is 0 Å². The molecular formula is C34H22N2O4. The molecule has 0 aromatic heterocycles. The van der Waals surface area contributed by atoms with Crippen LogP contribution in [-0.4, -0.2) is 14.1 Å². The van der Waals surface area contributed by atoms with Crippen LogP contribution in [0.4, 0.5) is 22.7 Å². The number of fused-ring (bicyclic) bond motifs is 4. The van der Waals surface area contributed by atoms with Crippen LogP contribution in [0.5, 0.6) is 0 Å². The van der Waals surface area contributed by atoms with Gasteiger partial charge in [0, 0.05) is 70.2 Å². The molecule has 2 aliphatic rings. The summed E-state index contributed by atoms with van der Waals surface area (Å²) in [7, 11) is 3.80. The van der Waals surface area contributed by atoms with Gasteiger partial charge >= 0.3 is 0 Å². The molecule has 0 fully saturated rings. The number of hydrogen-bond donors (Lipinski definition) is 0. The highest BCUT2D eigenvalue weighted by Gasteiger charge is 2.29. The van der Waals surface area contributed by atoms with E-state index in [-0.39, 0.29) is 10.4 Å². The van der Waals surface area contributed by atoms with Crippen molar-refractivity contribution in [3.63, 3.8) is 0 Å². The first kappa shape index (κ1) is 23.7. The quantitative estimate of drug-likeness (QED) is 0.291. The van der Waals surface area contributed by atoms with Gasteiger partial charge in [-0.05, 0) is 24.3 Å². The van der Waals surface area contributed by atoms with Gasteiger partial charge in [-0.15, -0.1) is 0 Å². The van der Waals surface area contributed by atoms with E-state index in [1.807, 2.05) is 96.7 Å². The highest BCUT2D eigenvalue weighted by Crippen LogP contribution is 2.43. The number of benzene rings is 5. The smallest absolute Gasteiger partial charge is 0.238 e. The Hall–Kier alpha value is -5.36. The normalized spacial score (nSPS) is 13.4. The highest BCUT2D eigenvalue weighted by molar-refractivity contribution is 5.98. The topological polar surface area (TPSA) is 74.8 Å². The molecule has 0 aliphatic carbocycles. The van der Waals surface area contributed by atoms with Crippen molar-refractivity contribution in [3.8, 4) is 0 Å². The van der Waals surface area contributed by atoms with Crippen molar-refractivity contribution in [2.24, 2.45) is 0 Å². The zero-order valence-electron chi connectivity index (χ0n) is 21.8. The van der Waals surface area contributed by atoms with E-state index in [1.54, 1.807) is 24.3 Å². The first-order chi connectivity index (χ1) is 19.4. The molecule has 7 rings (SSSR count). The molecule has 5 aromatic rings. The summed E-state index contributed by atoms with van der Waals surface area (Å²) in [6, 6.07) is 29.4. The molecule has 0 spiro atoms. The van der Waals surface area contributed by atoms with Gasteiger partial charge in [0.15, 0.2) is 0 Å². The van der Waals surface area contributed by atoms with Crippen LogP contribution >= 0.6 is 0 Å². The lowest BCUT2D eigenvalue weighted by molar-refractivity contribution is 1.15. The van der Waals surface area contributed by atoms with Gasteiger partial charge in [-0.1, -0.05) is 72.8 Å². The van der Waals surface area contributed by atoms with E-state index in [2.05, 4.69) is 0 Å². The Bertz CT molecular complexity index is 1930. The fraction of sp³-hybridized carbons (Fsp3) is 0.0588. The molecule has 5 aromatic carbocycles. The van der Waals surface area contributed by atoms with Crippen molar-refractivity contribution in [3.05, 3.63) is 171 Å². The number of anilines is 4. The van der Waals surface area contributed by atoms with Crippen LogP contribution in [0.2, 0.25) is 0 Å². The molecule has 2 heterocycles. The van der Waals surface area contributed by atoms with Crippen LogP contribution in [0, 0.1) is 0 Å². The average molecular weight is 523 g/mol. The minimum absolute atomic E-state index is 0.314. The van der Waals surface area contributed by atoms with Gasteiger partial charge in [0.2, 0.25) is 21.7 Å². The summed E-state index contributed by atoms with van der Waals surface area (Å²) in [5.74, 6) is 0. The Kier molecular flexibility index (Phi) is 5.09. The van der Waals surface area contributed by atoms with Crippen LogP contribution in [0.25, 0.3) is 11.1 Å². The largest absolute Gasteiger partial charge is 0.344 e. The van der Waals surface area contributed by atoms with Crippen LogP contribution in [0.1, 0.15) is 22.3 Å². The van der Waals surface area contributed by atoms with E-state index in [9.17, 15) is 19.2 Å². The first-order valence-corrected chi connectivity index (χ1v) is 12.9. The van der Waals surface area contributed by atoms with Crippen molar-refractivity contribution in [2.75, 3.05) is 23.9 Å². The molecule has 40 heavy (non-hydrogen) atoms. The molecule has 0 saturated heterocycles.